The molecule has 0 saturated heterocycles. The van der Waals surface area contributed by atoms with Gasteiger partial charge in [0.2, 0.25) is 0 Å². The van der Waals surface area contributed by atoms with Crippen LogP contribution in [0.25, 0.3) is 0 Å². The number of hydrogen-bond donors (Lipinski definition) is 1. The fourth-order valence-corrected chi connectivity index (χ4v) is 2.37. The second-order valence-corrected chi connectivity index (χ2v) is 5.62. The minimum Gasteiger partial charge on any atom is -0.387 e. The Hall–Kier alpha value is -0.460. The largest absolute Gasteiger partial charge is 0.387 e. The van der Waals surface area contributed by atoms with E-state index in [-0.39, 0.29) is 0 Å². The summed E-state index contributed by atoms with van der Waals surface area (Å²) in [6.45, 7) is 11.6. The van der Waals surface area contributed by atoms with Gasteiger partial charge in [0, 0.05) is 6.04 Å². The first-order chi connectivity index (χ1) is 6.46. The zero-order chi connectivity index (χ0) is 10.8. The topological polar surface area (TPSA) is 12.0 Å². The molecule has 1 N–H and O–H groups in total. The van der Waals surface area contributed by atoms with Gasteiger partial charge in [-0.15, -0.1) is 0 Å². The van der Waals surface area contributed by atoms with Crippen LogP contribution >= 0.6 is 0 Å². The normalized spacial score (nSPS) is 27.4. The SMILES string of the molecule is CCCCC1=CNC(C(C)(C)C)C1C. The van der Waals surface area contributed by atoms with Crippen LogP contribution in [-0.2, 0) is 0 Å². The molecule has 0 aliphatic carbocycles. The lowest BCUT2D eigenvalue weighted by molar-refractivity contribution is 0.254. The Balaban J connectivity index is 2.53. The second-order valence-electron chi connectivity index (χ2n) is 5.62. The first kappa shape index (κ1) is 11.6. The Bertz CT molecular complexity index is 210. The molecule has 0 amide bonds. The Morgan fingerprint density at radius 1 is 1.36 bits per heavy atom. The Labute approximate surface area is 89.0 Å². The van der Waals surface area contributed by atoms with Crippen LogP contribution in [0.4, 0.5) is 0 Å². The van der Waals surface area contributed by atoms with E-state index < -0.39 is 0 Å². The summed E-state index contributed by atoms with van der Waals surface area (Å²) in [5.74, 6) is 0.710. The Kier molecular flexibility index (Phi) is 3.63. The zero-order valence-corrected chi connectivity index (χ0v) is 10.4. The lowest BCUT2D eigenvalue weighted by Gasteiger charge is -2.32. The molecule has 1 nitrogen and oxygen atoms in total. The van der Waals surface area contributed by atoms with E-state index >= 15 is 0 Å². The van der Waals surface area contributed by atoms with Crippen LogP contribution in [0.3, 0.4) is 0 Å². The van der Waals surface area contributed by atoms with Crippen LogP contribution in [-0.4, -0.2) is 6.04 Å². The molecule has 1 heterocycles. The van der Waals surface area contributed by atoms with Gasteiger partial charge in [0.1, 0.15) is 0 Å². The van der Waals surface area contributed by atoms with Gasteiger partial charge in [-0.3, -0.25) is 0 Å². The van der Waals surface area contributed by atoms with Crippen molar-refractivity contribution in [2.75, 3.05) is 0 Å². The number of rotatable bonds is 3. The lowest BCUT2D eigenvalue weighted by atomic mass is 9.78. The fraction of sp³-hybridized carbons (Fsp3) is 0.846. The molecule has 0 saturated carbocycles. The molecular formula is C13H25N. The molecule has 82 valence electrons. The highest BCUT2D eigenvalue weighted by Crippen LogP contribution is 2.34. The van der Waals surface area contributed by atoms with Gasteiger partial charge in [0.25, 0.3) is 0 Å². The summed E-state index contributed by atoms with van der Waals surface area (Å²) >= 11 is 0. The van der Waals surface area contributed by atoms with Crippen molar-refractivity contribution in [3.05, 3.63) is 11.8 Å². The molecular weight excluding hydrogens is 170 g/mol. The average Bonchev–Trinajstić information content (AvgIpc) is 2.42. The van der Waals surface area contributed by atoms with Crippen molar-refractivity contribution in [2.24, 2.45) is 11.3 Å². The van der Waals surface area contributed by atoms with E-state index in [2.05, 4.69) is 46.1 Å². The van der Waals surface area contributed by atoms with Crippen molar-refractivity contribution in [3.8, 4) is 0 Å². The van der Waals surface area contributed by atoms with Crippen molar-refractivity contribution >= 4 is 0 Å². The predicted octanol–water partition coefficient (Wildman–Crippen LogP) is 3.71. The molecule has 1 heteroatoms. The molecule has 1 aliphatic heterocycles. The van der Waals surface area contributed by atoms with Gasteiger partial charge in [-0.25, -0.2) is 0 Å². The zero-order valence-electron chi connectivity index (χ0n) is 10.4. The van der Waals surface area contributed by atoms with E-state index in [1.807, 2.05) is 0 Å². The van der Waals surface area contributed by atoms with E-state index in [1.54, 1.807) is 5.57 Å². The van der Waals surface area contributed by atoms with Gasteiger partial charge in [0.15, 0.2) is 0 Å². The van der Waals surface area contributed by atoms with Crippen LogP contribution < -0.4 is 5.32 Å². The molecule has 0 spiro atoms. The summed E-state index contributed by atoms with van der Waals surface area (Å²) in [4.78, 5) is 0. The number of hydrogen-bond acceptors (Lipinski definition) is 1. The number of nitrogens with one attached hydrogen (secondary N) is 1. The maximum atomic E-state index is 3.54. The Morgan fingerprint density at radius 3 is 2.43 bits per heavy atom. The summed E-state index contributed by atoms with van der Waals surface area (Å²) < 4.78 is 0. The molecule has 1 aliphatic rings. The molecule has 1 rings (SSSR count). The van der Waals surface area contributed by atoms with Crippen LogP contribution in [0, 0.1) is 11.3 Å². The van der Waals surface area contributed by atoms with Gasteiger partial charge in [-0.2, -0.15) is 0 Å². The minimum atomic E-state index is 0.365. The van der Waals surface area contributed by atoms with Crippen molar-refractivity contribution < 1.29 is 0 Å². The minimum absolute atomic E-state index is 0.365. The first-order valence-electron chi connectivity index (χ1n) is 5.91. The monoisotopic (exact) mass is 195 g/mol. The first-order valence-corrected chi connectivity index (χ1v) is 5.91. The molecule has 0 aromatic rings. The molecule has 0 fully saturated rings. The average molecular weight is 195 g/mol. The van der Waals surface area contributed by atoms with Gasteiger partial charge >= 0.3 is 0 Å². The Morgan fingerprint density at radius 2 is 2.00 bits per heavy atom. The third-order valence-corrected chi connectivity index (χ3v) is 3.29. The maximum absolute atomic E-state index is 3.54. The smallest absolute Gasteiger partial charge is 0.0367 e. The van der Waals surface area contributed by atoms with Crippen molar-refractivity contribution in [1.29, 1.82) is 0 Å². The summed E-state index contributed by atoms with van der Waals surface area (Å²) in [5, 5.41) is 3.54. The summed E-state index contributed by atoms with van der Waals surface area (Å²) in [7, 11) is 0. The quantitative estimate of drug-likeness (QED) is 0.724. The molecule has 0 radical (unpaired) electrons. The van der Waals surface area contributed by atoms with Gasteiger partial charge in [0.05, 0.1) is 0 Å². The highest BCUT2D eigenvalue weighted by Gasteiger charge is 2.33. The van der Waals surface area contributed by atoms with Crippen LogP contribution in [0.15, 0.2) is 11.8 Å². The van der Waals surface area contributed by atoms with E-state index in [0.717, 1.165) is 0 Å². The third-order valence-electron chi connectivity index (χ3n) is 3.29. The van der Waals surface area contributed by atoms with E-state index in [0.29, 0.717) is 17.4 Å². The fourth-order valence-electron chi connectivity index (χ4n) is 2.37. The molecule has 0 aromatic heterocycles. The van der Waals surface area contributed by atoms with Gasteiger partial charge in [-0.05, 0) is 35.9 Å². The van der Waals surface area contributed by atoms with Crippen LogP contribution in [0.2, 0.25) is 0 Å². The summed E-state index contributed by atoms with van der Waals surface area (Å²) in [5.41, 5.74) is 1.98. The van der Waals surface area contributed by atoms with Crippen molar-refractivity contribution in [2.45, 2.75) is 59.9 Å². The van der Waals surface area contributed by atoms with Crippen molar-refractivity contribution in [3.63, 3.8) is 0 Å². The van der Waals surface area contributed by atoms with Gasteiger partial charge in [-0.1, -0.05) is 41.0 Å². The van der Waals surface area contributed by atoms with E-state index in [1.165, 1.54) is 19.3 Å². The molecule has 0 bridgehead atoms. The second kappa shape index (κ2) is 4.37. The molecule has 14 heavy (non-hydrogen) atoms. The highest BCUT2D eigenvalue weighted by atomic mass is 14.9. The van der Waals surface area contributed by atoms with Crippen LogP contribution in [0.5, 0.6) is 0 Å². The van der Waals surface area contributed by atoms with E-state index in [9.17, 15) is 0 Å². The number of unbranched alkanes of at least 4 members (excludes halogenated alkanes) is 1. The molecule has 2 atom stereocenters. The highest BCUT2D eigenvalue weighted by molar-refractivity contribution is 5.16. The molecule has 0 aromatic carbocycles. The van der Waals surface area contributed by atoms with E-state index in [4.69, 9.17) is 0 Å². The van der Waals surface area contributed by atoms with Gasteiger partial charge < -0.3 is 5.32 Å². The maximum Gasteiger partial charge on any atom is 0.0367 e. The van der Waals surface area contributed by atoms with Crippen molar-refractivity contribution in [1.82, 2.24) is 5.32 Å². The summed E-state index contributed by atoms with van der Waals surface area (Å²) in [6, 6.07) is 0.620. The van der Waals surface area contributed by atoms with Crippen LogP contribution in [0.1, 0.15) is 53.9 Å². The summed E-state index contributed by atoms with van der Waals surface area (Å²) in [6.07, 6.45) is 6.16. The lowest BCUT2D eigenvalue weighted by Crippen LogP contribution is -2.38. The third kappa shape index (κ3) is 2.52. The standard InChI is InChI=1S/C13H25N/c1-6-7-8-11-9-14-12(10(11)2)13(3,4)5/h9-10,12,14H,6-8H2,1-5H3. The molecule has 2 unspecified atom stereocenters. The predicted molar refractivity (Wildman–Crippen MR) is 63.2 cm³/mol.